The van der Waals surface area contributed by atoms with Crippen LogP contribution in [0.25, 0.3) is 0 Å². The second-order valence-electron chi connectivity index (χ2n) is 2.73. The Morgan fingerprint density at radius 3 is 3.08 bits per heavy atom. The van der Waals surface area contributed by atoms with E-state index in [1.54, 1.807) is 0 Å². The van der Waals surface area contributed by atoms with E-state index in [1.165, 1.54) is 12.1 Å². The van der Waals surface area contributed by atoms with Crippen molar-refractivity contribution in [2.45, 2.75) is 6.42 Å². The molecule has 1 aliphatic heterocycles. The van der Waals surface area contributed by atoms with Crippen molar-refractivity contribution < 1.29 is 4.39 Å². The average molecular weight is 166 g/mol. The third kappa shape index (κ3) is 0.958. The summed E-state index contributed by atoms with van der Waals surface area (Å²) in [6.07, 6.45) is 0.811. The number of hydrogen-bond acceptors (Lipinski definition) is 3. The Kier molecular flexibility index (Phi) is 1.53. The van der Waals surface area contributed by atoms with Crippen LogP contribution in [0.2, 0.25) is 0 Å². The molecule has 0 aliphatic carbocycles. The lowest BCUT2D eigenvalue weighted by Gasteiger charge is -1.99. The topological polar surface area (TPSA) is 41.5 Å². The fourth-order valence-electron chi connectivity index (χ4n) is 1.38. The van der Waals surface area contributed by atoms with Gasteiger partial charge < -0.3 is 5.32 Å². The Bertz CT molecular complexity index is 338. The zero-order valence-electron chi connectivity index (χ0n) is 6.30. The fraction of sp³-hybridized carbons (Fsp3) is 0.250. The first kappa shape index (κ1) is 7.21. The van der Waals surface area contributed by atoms with Crippen molar-refractivity contribution in [3.8, 4) is 0 Å². The molecule has 0 radical (unpaired) electrons. The predicted octanol–water partition coefficient (Wildman–Crippen LogP) is 2.19. The summed E-state index contributed by atoms with van der Waals surface area (Å²) in [5, 5.41) is 5.62. The molecule has 3 nitrogen and oxygen atoms in total. The number of nitrogens with one attached hydrogen (secondary N) is 1. The summed E-state index contributed by atoms with van der Waals surface area (Å²) in [4.78, 5) is 10.1. The molecule has 1 aliphatic rings. The van der Waals surface area contributed by atoms with Gasteiger partial charge >= 0.3 is 0 Å². The smallest absolute Gasteiger partial charge is 0.152 e. The van der Waals surface area contributed by atoms with E-state index < -0.39 is 5.82 Å². The minimum atomic E-state index is -0.535. The maximum Gasteiger partial charge on any atom is 0.152 e. The molecule has 0 saturated heterocycles. The summed E-state index contributed by atoms with van der Waals surface area (Å²) in [6.45, 7) is 0.803. The van der Waals surface area contributed by atoms with Crippen LogP contribution in [0.5, 0.6) is 0 Å². The molecule has 0 bridgehead atoms. The van der Waals surface area contributed by atoms with Crippen LogP contribution in [0.4, 0.5) is 15.8 Å². The van der Waals surface area contributed by atoms with Crippen molar-refractivity contribution in [3.63, 3.8) is 0 Å². The summed E-state index contributed by atoms with van der Waals surface area (Å²) < 4.78 is 12.9. The SMILES string of the molecule is O=Nc1cc2c(cc1F)CCN2. The van der Waals surface area contributed by atoms with Crippen LogP contribution in [0.3, 0.4) is 0 Å². The monoisotopic (exact) mass is 166 g/mol. The standard InChI is InChI=1S/C8H7FN2O/c9-6-3-5-1-2-10-7(5)4-8(6)11-12/h3-4,10H,1-2H2. The van der Waals surface area contributed by atoms with Crippen LogP contribution in [0.1, 0.15) is 5.56 Å². The third-order valence-electron chi connectivity index (χ3n) is 1.98. The summed E-state index contributed by atoms with van der Waals surface area (Å²) in [7, 11) is 0. The van der Waals surface area contributed by atoms with Crippen LogP contribution < -0.4 is 5.32 Å². The average Bonchev–Trinajstić information content (AvgIpc) is 2.49. The summed E-state index contributed by atoms with van der Waals surface area (Å²) >= 11 is 0. The van der Waals surface area contributed by atoms with Gasteiger partial charge in [-0.25, -0.2) is 4.39 Å². The Balaban J connectivity index is 2.56. The summed E-state index contributed by atoms with van der Waals surface area (Å²) in [5.41, 5.74) is 1.62. The minimum Gasteiger partial charge on any atom is -0.384 e. The van der Waals surface area contributed by atoms with Crippen molar-refractivity contribution in [2.24, 2.45) is 5.18 Å². The molecule has 1 aromatic carbocycles. The maximum atomic E-state index is 12.9. The molecule has 4 heteroatoms. The van der Waals surface area contributed by atoms with Gasteiger partial charge in [0.05, 0.1) is 0 Å². The lowest BCUT2D eigenvalue weighted by molar-refractivity contribution is 0.628. The van der Waals surface area contributed by atoms with Gasteiger partial charge in [0.1, 0.15) is 5.69 Å². The van der Waals surface area contributed by atoms with E-state index >= 15 is 0 Å². The first-order valence-electron chi connectivity index (χ1n) is 3.71. The van der Waals surface area contributed by atoms with Crippen LogP contribution in [0.15, 0.2) is 17.3 Å². The number of benzene rings is 1. The highest BCUT2D eigenvalue weighted by atomic mass is 19.1. The molecule has 0 spiro atoms. The van der Waals surface area contributed by atoms with Crippen molar-refractivity contribution in [1.82, 2.24) is 0 Å². The fourth-order valence-corrected chi connectivity index (χ4v) is 1.38. The molecule has 2 rings (SSSR count). The molecule has 0 saturated carbocycles. The largest absolute Gasteiger partial charge is 0.384 e. The number of hydrogen-bond donors (Lipinski definition) is 1. The van der Waals surface area contributed by atoms with Crippen molar-refractivity contribution in [3.05, 3.63) is 28.4 Å². The molecule has 1 N–H and O–H groups in total. The molecule has 0 unspecified atom stereocenters. The Hall–Kier alpha value is -1.45. The summed E-state index contributed by atoms with van der Waals surface area (Å²) in [5.74, 6) is -0.535. The molecular weight excluding hydrogens is 159 g/mol. The molecule has 0 aromatic heterocycles. The Morgan fingerprint density at radius 2 is 2.33 bits per heavy atom. The number of nitroso groups, excluding NO2 is 1. The van der Waals surface area contributed by atoms with Gasteiger partial charge in [-0.3, -0.25) is 0 Å². The molecule has 12 heavy (non-hydrogen) atoms. The zero-order chi connectivity index (χ0) is 8.55. The molecule has 1 aromatic rings. The lowest BCUT2D eigenvalue weighted by Crippen LogP contribution is -1.90. The summed E-state index contributed by atoms with van der Waals surface area (Å²) in [6, 6.07) is 2.82. The van der Waals surface area contributed by atoms with Gasteiger partial charge in [-0.1, -0.05) is 0 Å². The molecule has 62 valence electrons. The van der Waals surface area contributed by atoms with Gasteiger partial charge in [-0.15, -0.1) is 4.91 Å². The van der Waals surface area contributed by atoms with Gasteiger partial charge in [0.2, 0.25) is 0 Å². The van der Waals surface area contributed by atoms with Gasteiger partial charge in [0, 0.05) is 12.2 Å². The number of rotatable bonds is 1. The number of anilines is 1. The molecule has 1 heterocycles. The van der Waals surface area contributed by atoms with Gasteiger partial charge in [-0.05, 0) is 29.3 Å². The highest BCUT2D eigenvalue weighted by Gasteiger charge is 2.14. The van der Waals surface area contributed by atoms with Crippen LogP contribution in [-0.4, -0.2) is 6.54 Å². The van der Waals surface area contributed by atoms with Crippen molar-refractivity contribution in [1.29, 1.82) is 0 Å². The van der Waals surface area contributed by atoms with E-state index in [0.29, 0.717) is 0 Å². The molecule has 0 fully saturated rings. The highest BCUT2D eigenvalue weighted by Crippen LogP contribution is 2.29. The normalized spacial score (nSPS) is 13.8. The van der Waals surface area contributed by atoms with E-state index in [2.05, 4.69) is 10.5 Å². The number of nitrogens with zero attached hydrogens (tertiary/aromatic N) is 1. The van der Waals surface area contributed by atoms with Gasteiger partial charge in [0.25, 0.3) is 0 Å². The predicted molar refractivity (Wildman–Crippen MR) is 44.0 cm³/mol. The Labute approximate surface area is 68.6 Å². The van der Waals surface area contributed by atoms with E-state index in [1.807, 2.05) is 0 Å². The maximum absolute atomic E-state index is 12.9. The first-order chi connectivity index (χ1) is 5.81. The van der Waals surface area contributed by atoms with Crippen molar-refractivity contribution in [2.75, 3.05) is 11.9 Å². The third-order valence-corrected chi connectivity index (χ3v) is 1.98. The van der Waals surface area contributed by atoms with Gasteiger partial charge in [0.15, 0.2) is 5.82 Å². The first-order valence-corrected chi connectivity index (χ1v) is 3.71. The Morgan fingerprint density at radius 1 is 1.50 bits per heavy atom. The molecule has 0 amide bonds. The highest BCUT2D eigenvalue weighted by molar-refractivity contribution is 5.62. The van der Waals surface area contributed by atoms with E-state index in [4.69, 9.17) is 0 Å². The lowest BCUT2D eigenvalue weighted by atomic mass is 10.1. The van der Waals surface area contributed by atoms with Crippen LogP contribution in [-0.2, 0) is 6.42 Å². The van der Waals surface area contributed by atoms with Crippen molar-refractivity contribution >= 4 is 11.4 Å². The van der Waals surface area contributed by atoms with E-state index in [-0.39, 0.29) is 5.69 Å². The molecular formula is C8H7FN2O. The quantitative estimate of drug-likeness (QED) is 0.649. The van der Waals surface area contributed by atoms with Crippen LogP contribution >= 0.6 is 0 Å². The van der Waals surface area contributed by atoms with Gasteiger partial charge in [-0.2, -0.15) is 0 Å². The van der Waals surface area contributed by atoms with E-state index in [0.717, 1.165) is 24.2 Å². The second kappa shape index (κ2) is 2.55. The number of halogens is 1. The zero-order valence-corrected chi connectivity index (χ0v) is 6.30. The number of fused-ring (bicyclic) bond motifs is 1. The molecule has 0 atom stereocenters. The minimum absolute atomic E-state index is 0.122. The van der Waals surface area contributed by atoms with Crippen LogP contribution in [0, 0.1) is 10.7 Å². The second-order valence-corrected chi connectivity index (χ2v) is 2.73. The van der Waals surface area contributed by atoms with E-state index in [9.17, 15) is 9.30 Å².